The number of nitrogens with zero attached hydrogens (tertiary/aromatic N) is 1. The standard InChI is InChI=1S/C17H18N2O2/c1-12-9-14-11-19(8-7-15(14)16(10-12)18-21)17(20)13-5-3-2-4-6-13/h2-6,9-10,18,21H,7-8,11H2,1H3. The highest BCUT2D eigenvalue weighted by atomic mass is 16.5. The van der Waals surface area contributed by atoms with Crippen LogP contribution in [0, 0.1) is 6.92 Å². The third kappa shape index (κ3) is 2.62. The molecule has 0 aliphatic carbocycles. The van der Waals surface area contributed by atoms with Crippen molar-refractivity contribution in [2.24, 2.45) is 0 Å². The second kappa shape index (κ2) is 5.58. The van der Waals surface area contributed by atoms with Crippen LogP contribution in [-0.4, -0.2) is 22.6 Å². The first-order chi connectivity index (χ1) is 10.2. The minimum atomic E-state index is 0.0567. The number of carbonyl (C=O) groups is 1. The molecule has 4 nitrogen and oxygen atoms in total. The molecule has 4 heteroatoms. The number of hydrogen-bond donors (Lipinski definition) is 2. The van der Waals surface area contributed by atoms with Gasteiger partial charge in [-0.05, 0) is 48.2 Å². The molecular weight excluding hydrogens is 264 g/mol. The van der Waals surface area contributed by atoms with E-state index in [9.17, 15) is 10.0 Å². The van der Waals surface area contributed by atoms with E-state index in [-0.39, 0.29) is 5.91 Å². The largest absolute Gasteiger partial charge is 0.334 e. The van der Waals surface area contributed by atoms with Crippen molar-refractivity contribution in [2.45, 2.75) is 19.9 Å². The van der Waals surface area contributed by atoms with Gasteiger partial charge in [0.1, 0.15) is 0 Å². The molecule has 2 aromatic rings. The van der Waals surface area contributed by atoms with Gasteiger partial charge < -0.3 is 4.90 Å². The van der Waals surface area contributed by atoms with Crippen molar-refractivity contribution in [2.75, 3.05) is 12.0 Å². The molecule has 1 amide bonds. The zero-order valence-corrected chi connectivity index (χ0v) is 12.0. The normalized spacial score (nSPS) is 13.7. The average molecular weight is 282 g/mol. The molecule has 0 bridgehead atoms. The highest BCUT2D eigenvalue weighted by Gasteiger charge is 2.23. The Morgan fingerprint density at radius 2 is 2.00 bits per heavy atom. The molecule has 0 radical (unpaired) electrons. The van der Waals surface area contributed by atoms with E-state index in [1.165, 1.54) is 0 Å². The van der Waals surface area contributed by atoms with Crippen LogP contribution in [0.1, 0.15) is 27.0 Å². The first kappa shape index (κ1) is 13.6. The van der Waals surface area contributed by atoms with Crippen LogP contribution < -0.4 is 5.48 Å². The van der Waals surface area contributed by atoms with E-state index in [1.54, 1.807) is 0 Å². The summed E-state index contributed by atoms with van der Waals surface area (Å²) in [6.45, 7) is 3.23. The van der Waals surface area contributed by atoms with Crippen LogP contribution in [0.15, 0.2) is 42.5 Å². The van der Waals surface area contributed by atoms with Crippen molar-refractivity contribution in [1.82, 2.24) is 4.90 Å². The van der Waals surface area contributed by atoms with E-state index in [2.05, 4.69) is 11.5 Å². The monoisotopic (exact) mass is 282 g/mol. The van der Waals surface area contributed by atoms with Crippen LogP contribution in [0.2, 0.25) is 0 Å². The maximum atomic E-state index is 12.5. The predicted octanol–water partition coefficient (Wildman–Crippen LogP) is 2.99. The van der Waals surface area contributed by atoms with Crippen LogP contribution in [-0.2, 0) is 13.0 Å². The number of rotatable bonds is 2. The number of anilines is 1. The second-order valence-corrected chi connectivity index (χ2v) is 5.40. The van der Waals surface area contributed by atoms with E-state index in [0.717, 1.165) is 28.8 Å². The van der Waals surface area contributed by atoms with E-state index in [1.807, 2.05) is 48.2 Å². The van der Waals surface area contributed by atoms with Gasteiger partial charge >= 0.3 is 0 Å². The fourth-order valence-electron chi connectivity index (χ4n) is 2.90. The van der Waals surface area contributed by atoms with E-state index < -0.39 is 0 Å². The lowest BCUT2D eigenvalue weighted by molar-refractivity contribution is 0.0734. The van der Waals surface area contributed by atoms with Gasteiger partial charge in [0.05, 0.1) is 5.69 Å². The molecule has 1 aliphatic rings. The summed E-state index contributed by atoms with van der Waals surface area (Å²) in [6.07, 6.45) is 0.747. The number of benzene rings is 2. The zero-order valence-electron chi connectivity index (χ0n) is 12.0. The number of nitrogens with one attached hydrogen (secondary N) is 1. The van der Waals surface area contributed by atoms with Gasteiger partial charge in [0.15, 0.2) is 0 Å². The average Bonchev–Trinajstić information content (AvgIpc) is 2.53. The first-order valence-electron chi connectivity index (χ1n) is 7.06. The molecule has 0 unspecified atom stereocenters. The Morgan fingerprint density at radius 1 is 1.24 bits per heavy atom. The minimum Gasteiger partial charge on any atom is -0.334 e. The van der Waals surface area contributed by atoms with E-state index in [4.69, 9.17) is 0 Å². The smallest absolute Gasteiger partial charge is 0.254 e. The van der Waals surface area contributed by atoms with Crippen molar-refractivity contribution >= 4 is 11.6 Å². The Labute approximate surface area is 124 Å². The molecule has 0 saturated carbocycles. The predicted molar refractivity (Wildman–Crippen MR) is 81.5 cm³/mol. The van der Waals surface area contributed by atoms with Crippen molar-refractivity contribution in [3.05, 3.63) is 64.7 Å². The summed E-state index contributed by atoms with van der Waals surface area (Å²) in [5.74, 6) is 0.0567. The third-order valence-corrected chi connectivity index (χ3v) is 3.91. The van der Waals surface area contributed by atoms with E-state index in [0.29, 0.717) is 18.7 Å². The second-order valence-electron chi connectivity index (χ2n) is 5.40. The van der Waals surface area contributed by atoms with Crippen LogP contribution in [0.25, 0.3) is 0 Å². The van der Waals surface area contributed by atoms with Gasteiger partial charge in [-0.15, -0.1) is 0 Å². The Hall–Kier alpha value is -2.33. The maximum absolute atomic E-state index is 12.5. The van der Waals surface area contributed by atoms with Crippen molar-refractivity contribution < 1.29 is 10.0 Å². The number of hydrogen-bond acceptors (Lipinski definition) is 3. The zero-order chi connectivity index (χ0) is 14.8. The van der Waals surface area contributed by atoms with Crippen LogP contribution >= 0.6 is 0 Å². The quantitative estimate of drug-likeness (QED) is 0.833. The number of carbonyl (C=O) groups excluding carboxylic acids is 1. The van der Waals surface area contributed by atoms with Crippen molar-refractivity contribution in [1.29, 1.82) is 0 Å². The van der Waals surface area contributed by atoms with Crippen molar-refractivity contribution in [3.8, 4) is 0 Å². The molecule has 0 atom stereocenters. The Balaban J connectivity index is 1.88. The SMILES string of the molecule is Cc1cc2c(c(NO)c1)CCN(C(=O)c1ccccc1)C2. The molecule has 2 aromatic carbocycles. The molecule has 3 rings (SSSR count). The van der Waals surface area contributed by atoms with Crippen LogP contribution in [0.4, 0.5) is 5.69 Å². The minimum absolute atomic E-state index is 0.0567. The summed E-state index contributed by atoms with van der Waals surface area (Å²) in [7, 11) is 0. The molecule has 108 valence electrons. The van der Waals surface area contributed by atoms with Crippen LogP contribution in [0.3, 0.4) is 0 Å². The molecule has 21 heavy (non-hydrogen) atoms. The lowest BCUT2D eigenvalue weighted by Gasteiger charge is -2.30. The summed E-state index contributed by atoms with van der Waals surface area (Å²) < 4.78 is 0. The number of fused-ring (bicyclic) bond motifs is 1. The van der Waals surface area contributed by atoms with Gasteiger partial charge in [0.2, 0.25) is 0 Å². The van der Waals surface area contributed by atoms with Gasteiger partial charge in [0, 0.05) is 18.7 Å². The Morgan fingerprint density at radius 3 is 2.71 bits per heavy atom. The Bertz CT molecular complexity index is 668. The molecule has 1 heterocycles. The Kier molecular flexibility index (Phi) is 3.62. The van der Waals surface area contributed by atoms with Gasteiger partial charge in [-0.3, -0.25) is 15.5 Å². The van der Waals surface area contributed by atoms with Gasteiger partial charge in [-0.1, -0.05) is 24.3 Å². The number of amides is 1. The lowest BCUT2D eigenvalue weighted by Crippen LogP contribution is -2.36. The maximum Gasteiger partial charge on any atom is 0.254 e. The third-order valence-electron chi connectivity index (χ3n) is 3.91. The molecule has 2 N–H and O–H groups in total. The highest BCUT2D eigenvalue weighted by Crippen LogP contribution is 2.28. The summed E-state index contributed by atoms with van der Waals surface area (Å²) in [5, 5.41) is 9.24. The topological polar surface area (TPSA) is 52.6 Å². The summed E-state index contributed by atoms with van der Waals surface area (Å²) in [5.41, 5.74) is 7.00. The molecule has 0 spiro atoms. The van der Waals surface area contributed by atoms with Gasteiger partial charge in [-0.2, -0.15) is 0 Å². The molecular formula is C17H18N2O2. The molecule has 0 fully saturated rings. The summed E-state index contributed by atoms with van der Waals surface area (Å²) in [6, 6.07) is 13.4. The van der Waals surface area contributed by atoms with Crippen LogP contribution in [0.5, 0.6) is 0 Å². The number of aryl methyl sites for hydroxylation is 1. The molecule has 0 saturated heterocycles. The summed E-state index contributed by atoms with van der Waals surface area (Å²) >= 11 is 0. The molecule has 1 aliphatic heterocycles. The first-order valence-corrected chi connectivity index (χ1v) is 7.06. The fourth-order valence-corrected chi connectivity index (χ4v) is 2.90. The van der Waals surface area contributed by atoms with Gasteiger partial charge in [0.25, 0.3) is 5.91 Å². The lowest BCUT2D eigenvalue weighted by atomic mass is 9.95. The van der Waals surface area contributed by atoms with Crippen molar-refractivity contribution in [3.63, 3.8) is 0 Å². The summed E-state index contributed by atoms with van der Waals surface area (Å²) in [4.78, 5) is 14.4. The fraction of sp³-hybridized carbons (Fsp3) is 0.235. The molecule has 0 aromatic heterocycles. The van der Waals surface area contributed by atoms with Gasteiger partial charge in [-0.25, -0.2) is 0 Å². The highest BCUT2D eigenvalue weighted by molar-refractivity contribution is 5.94. The van der Waals surface area contributed by atoms with E-state index >= 15 is 0 Å².